The maximum atomic E-state index is 14.3. The molecule has 1 amide bonds. The molecule has 0 bridgehead atoms. The van der Waals surface area contributed by atoms with E-state index in [2.05, 4.69) is 10.1 Å². The van der Waals surface area contributed by atoms with Crippen LogP contribution in [0.5, 0.6) is 0 Å². The van der Waals surface area contributed by atoms with E-state index in [1.165, 1.54) is 12.3 Å². The normalized spacial score (nSPS) is 16.4. The van der Waals surface area contributed by atoms with Gasteiger partial charge in [-0.2, -0.15) is 5.10 Å². The summed E-state index contributed by atoms with van der Waals surface area (Å²) in [6.45, 7) is 2.08. The minimum atomic E-state index is -0.456. The van der Waals surface area contributed by atoms with Crippen LogP contribution in [0.25, 0.3) is 10.8 Å². The van der Waals surface area contributed by atoms with Gasteiger partial charge in [-0.05, 0) is 30.0 Å². The van der Waals surface area contributed by atoms with E-state index in [-0.39, 0.29) is 30.5 Å². The van der Waals surface area contributed by atoms with Gasteiger partial charge in [0.1, 0.15) is 5.82 Å². The van der Waals surface area contributed by atoms with Crippen molar-refractivity contribution in [2.45, 2.75) is 19.6 Å². The molecule has 1 unspecified atom stereocenters. The number of aryl methyl sites for hydroxylation is 2. The number of hydrogen-bond donors (Lipinski definition) is 1. The van der Waals surface area contributed by atoms with Crippen LogP contribution >= 0.6 is 0 Å². The van der Waals surface area contributed by atoms with Crippen LogP contribution in [0.3, 0.4) is 0 Å². The maximum Gasteiger partial charge on any atom is 0.257 e. The number of carbonyl (C=O) groups excluding carboxylic acids is 1. The average molecular weight is 370 g/mol. The predicted molar refractivity (Wildman–Crippen MR) is 97.0 cm³/mol. The van der Waals surface area contributed by atoms with Crippen LogP contribution in [0.1, 0.15) is 33.2 Å². The molecule has 1 N–H and O–H groups in total. The first-order chi connectivity index (χ1) is 12.9. The molecule has 1 aliphatic heterocycles. The predicted octanol–water partition coefficient (Wildman–Crippen LogP) is 2.05. The third-order valence-corrected chi connectivity index (χ3v) is 5.02. The Morgan fingerprint density at radius 3 is 2.89 bits per heavy atom. The summed E-state index contributed by atoms with van der Waals surface area (Å²) < 4.78 is 21.4. The Kier molecular flexibility index (Phi) is 4.07. The minimum absolute atomic E-state index is 0.210. The van der Waals surface area contributed by atoms with E-state index >= 15 is 0 Å². The van der Waals surface area contributed by atoms with E-state index in [1.54, 1.807) is 42.9 Å². The van der Waals surface area contributed by atoms with E-state index in [0.717, 1.165) is 5.56 Å². The molecule has 0 spiro atoms. The Hall–Kier alpha value is -3.00. The van der Waals surface area contributed by atoms with Gasteiger partial charge in [0.25, 0.3) is 11.5 Å². The van der Waals surface area contributed by atoms with Crippen LogP contribution in [0.2, 0.25) is 0 Å². The number of halogens is 1. The second-order valence-corrected chi connectivity index (χ2v) is 6.84. The summed E-state index contributed by atoms with van der Waals surface area (Å²) in [5, 5.41) is 4.95. The van der Waals surface area contributed by atoms with Gasteiger partial charge in [-0.15, -0.1) is 0 Å². The van der Waals surface area contributed by atoms with Gasteiger partial charge in [0.2, 0.25) is 0 Å². The Morgan fingerprint density at radius 2 is 2.19 bits per heavy atom. The highest BCUT2D eigenvalue weighted by molar-refractivity contribution is 5.94. The molecule has 0 saturated heterocycles. The number of amides is 1. The second kappa shape index (κ2) is 6.31. The van der Waals surface area contributed by atoms with Gasteiger partial charge in [0, 0.05) is 36.9 Å². The molecular formula is C19H19FN4O3. The summed E-state index contributed by atoms with van der Waals surface area (Å²) in [6, 6.07) is 2.46. The lowest BCUT2D eigenvalue weighted by atomic mass is 9.94. The molecule has 0 radical (unpaired) electrons. The molecule has 2 aromatic heterocycles. The lowest BCUT2D eigenvalue weighted by Crippen LogP contribution is -2.37. The smallest absolute Gasteiger partial charge is 0.257 e. The number of nitrogens with one attached hydrogen (secondary N) is 1. The zero-order chi connectivity index (χ0) is 19.3. The molecule has 27 heavy (non-hydrogen) atoms. The lowest BCUT2D eigenvalue weighted by molar-refractivity contribution is 0.0335. The summed E-state index contributed by atoms with van der Waals surface area (Å²) in [7, 11) is 3.40. The fourth-order valence-electron chi connectivity index (χ4n) is 3.56. The van der Waals surface area contributed by atoms with Gasteiger partial charge in [-0.1, -0.05) is 0 Å². The van der Waals surface area contributed by atoms with Crippen LogP contribution in [0, 0.1) is 12.7 Å². The number of fused-ring (bicyclic) bond motifs is 3. The van der Waals surface area contributed by atoms with Crippen LogP contribution in [0.4, 0.5) is 4.39 Å². The Labute approximate surface area is 154 Å². The topological polar surface area (TPSA) is 80.2 Å². The molecule has 1 aromatic carbocycles. The summed E-state index contributed by atoms with van der Waals surface area (Å²) in [5.41, 5.74) is 1.84. The highest BCUT2D eigenvalue weighted by Gasteiger charge is 2.31. The molecule has 7 nitrogen and oxygen atoms in total. The van der Waals surface area contributed by atoms with Crippen LogP contribution < -0.4 is 5.56 Å². The molecular weight excluding hydrogens is 351 g/mol. The van der Waals surface area contributed by atoms with Gasteiger partial charge in [-0.3, -0.25) is 14.3 Å². The second-order valence-electron chi connectivity index (χ2n) is 6.84. The Balaban J connectivity index is 1.87. The monoisotopic (exact) mass is 370 g/mol. The van der Waals surface area contributed by atoms with Crippen molar-refractivity contribution in [3.63, 3.8) is 0 Å². The Bertz CT molecular complexity index is 1120. The first-order valence-corrected chi connectivity index (χ1v) is 8.55. The van der Waals surface area contributed by atoms with E-state index in [4.69, 9.17) is 4.74 Å². The molecule has 0 saturated carbocycles. The number of H-pyrrole nitrogens is 1. The fourth-order valence-corrected chi connectivity index (χ4v) is 3.56. The molecule has 1 atom stereocenters. The molecule has 8 heteroatoms. The Morgan fingerprint density at radius 1 is 1.41 bits per heavy atom. The largest absolute Gasteiger partial charge is 0.373 e. The summed E-state index contributed by atoms with van der Waals surface area (Å²) in [5.74, 6) is -0.613. The number of aromatic nitrogens is 3. The van der Waals surface area contributed by atoms with Crippen LogP contribution in [-0.4, -0.2) is 39.2 Å². The molecule has 3 aromatic rings. The molecule has 4 rings (SSSR count). The van der Waals surface area contributed by atoms with Gasteiger partial charge >= 0.3 is 0 Å². The lowest BCUT2D eigenvalue weighted by Gasteiger charge is -2.33. The zero-order valence-electron chi connectivity index (χ0n) is 15.2. The van der Waals surface area contributed by atoms with Gasteiger partial charge in [0.05, 0.1) is 31.0 Å². The van der Waals surface area contributed by atoms with Crippen molar-refractivity contribution in [1.29, 1.82) is 0 Å². The van der Waals surface area contributed by atoms with Crippen molar-refractivity contribution >= 4 is 16.7 Å². The van der Waals surface area contributed by atoms with Crippen molar-refractivity contribution in [2.24, 2.45) is 7.05 Å². The SMILES string of the molecule is Cc1cc2c(=O)[nH]c3c(c2cc1F)C(N(C)C(=O)c1cnn(C)c1)COC3. The van der Waals surface area contributed by atoms with E-state index in [9.17, 15) is 14.0 Å². The summed E-state index contributed by atoms with van der Waals surface area (Å²) >= 11 is 0. The standard InChI is InChI=1S/C19H19FN4O3/c1-10-4-13-12(5-14(10)20)17-15(22-18(13)25)8-27-9-16(17)24(3)19(26)11-6-21-23(2)7-11/h4-7,16H,8-9H2,1-3H3,(H,22,25). The fraction of sp³-hybridized carbons (Fsp3) is 0.316. The number of pyridine rings is 1. The quantitative estimate of drug-likeness (QED) is 0.749. The van der Waals surface area contributed by atoms with Crippen LogP contribution in [0.15, 0.2) is 29.3 Å². The highest BCUT2D eigenvalue weighted by atomic mass is 19.1. The molecule has 3 heterocycles. The van der Waals surface area contributed by atoms with E-state index in [1.807, 2.05) is 0 Å². The molecule has 140 valence electrons. The first-order valence-electron chi connectivity index (χ1n) is 8.55. The number of ether oxygens (including phenoxy) is 1. The summed E-state index contributed by atoms with van der Waals surface area (Å²) in [6.07, 6.45) is 3.13. The minimum Gasteiger partial charge on any atom is -0.373 e. The first kappa shape index (κ1) is 17.4. The third kappa shape index (κ3) is 2.82. The van der Waals surface area contributed by atoms with Crippen molar-refractivity contribution < 1.29 is 13.9 Å². The van der Waals surface area contributed by atoms with Gasteiger partial charge in [0.15, 0.2) is 0 Å². The van der Waals surface area contributed by atoms with Crippen molar-refractivity contribution in [3.8, 4) is 0 Å². The maximum absolute atomic E-state index is 14.3. The molecule has 1 aliphatic rings. The number of rotatable bonds is 2. The van der Waals surface area contributed by atoms with Gasteiger partial charge < -0.3 is 14.6 Å². The number of likely N-dealkylation sites (N-methyl/N-ethyl adjacent to an activating group) is 1. The number of hydrogen-bond acceptors (Lipinski definition) is 4. The number of aromatic amines is 1. The van der Waals surface area contributed by atoms with Crippen molar-refractivity contribution in [3.05, 3.63) is 63.1 Å². The van der Waals surface area contributed by atoms with E-state index in [0.29, 0.717) is 27.6 Å². The zero-order valence-corrected chi connectivity index (χ0v) is 15.2. The number of nitrogens with zero attached hydrogens (tertiary/aromatic N) is 3. The third-order valence-electron chi connectivity index (χ3n) is 5.02. The molecule has 0 aliphatic carbocycles. The van der Waals surface area contributed by atoms with Crippen LogP contribution in [-0.2, 0) is 18.4 Å². The van der Waals surface area contributed by atoms with E-state index < -0.39 is 6.04 Å². The van der Waals surface area contributed by atoms with Crippen molar-refractivity contribution in [2.75, 3.05) is 13.7 Å². The highest BCUT2D eigenvalue weighted by Crippen LogP contribution is 2.34. The van der Waals surface area contributed by atoms with Gasteiger partial charge in [-0.25, -0.2) is 4.39 Å². The number of benzene rings is 1. The average Bonchev–Trinajstić information content (AvgIpc) is 3.08. The molecule has 0 fully saturated rings. The summed E-state index contributed by atoms with van der Waals surface area (Å²) in [4.78, 5) is 29.7. The number of carbonyl (C=O) groups is 1. The van der Waals surface area contributed by atoms with Crippen molar-refractivity contribution in [1.82, 2.24) is 19.7 Å².